The molecule has 0 saturated heterocycles. The molecule has 1 atom stereocenters. The Balaban J connectivity index is 2.61. The Morgan fingerprint density at radius 1 is 1.14 bits per heavy atom. The molecule has 1 aliphatic heterocycles. The van der Waals surface area contributed by atoms with Crippen LogP contribution in [-0.2, 0) is 9.16 Å². The maximum absolute atomic E-state index is 12.8. The van der Waals surface area contributed by atoms with E-state index in [9.17, 15) is 4.79 Å². The lowest BCUT2D eigenvalue weighted by molar-refractivity contribution is 0.158. The van der Waals surface area contributed by atoms with Gasteiger partial charge in [-0.1, -0.05) is 59.8 Å². The summed E-state index contributed by atoms with van der Waals surface area (Å²) in [5.74, 6) is 0.899. The fourth-order valence-corrected chi connectivity index (χ4v) is 10.1. The molecule has 0 bridgehead atoms. The fraction of sp³-hybridized carbons (Fsp3) is 0.542. The summed E-state index contributed by atoms with van der Waals surface area (Å²) in [6, 6.07) is 7.79. The van der Waals surface area contributed by atoms with Gasteiger partial charge in [0.15, 0.2) is 0 Å². The number of benzene rings is 1. The smallest absolute Gasteiger partial charge is 0.414 e. The van der Waals surface area contributed by atoms with Crippen LogP contribution in [0.2, 0.25) is 16.6 Å². The second kappa shape index (κ2) is 9.66. The largest absolute Gasteiger partial charge is 0.542 e. The summed E-state index contributed by atoms with van der Waals surface area (Å²) in [6.07, 6.45) is 4.24. The molecule has 2 rings (SSSR count). The van der Waals surface area contributed by atoms with E-state index in [2.05, 4.69) is 54.2 Å². The molecule has 1 aromatic carbocycles. The molecular weight excluding hydrogens is 378 g/mol. The standard InChI is InChI=1S/C24H37NO3Si/c1-9-13-20-16-23(28-29(17(3)4,18(5)6)19(7)8)21-14-11-12-15-22(21)25(20)24(26)27-10-2/h9,11-12,14-20H,1,10,13H2,2-8H3. The van der Waals surface area contributed by atoms with Gasteiger partial charge >= 0.3 is 6.09 Å². The summed E-state index contributed by atoms with van der Waals surface area (Å²) in [7, 11) is -2.13. The van der Waals surface area contributed by atoms with Crippen LogP contribution in [0.4, 0.5) is 10.5 Å². The molecule has 29 heavy (non-hydrogen) atoms. The van der Waals surface area contributed by atoms with Crippen LogP contribution in [0.5, 0.6) is 0 Å². The van der Waals surface area contributed by atoms with Crippen molar-refractivity contribution in [3.63, 3.8) is 0 Å². The molecule has 0 spiro atoms. The van der Waals surface area contributed by atoms with E-state index in [0.29, 0.717) is 29.7 Å². The van der Waals surface area contributed by atoms with Gasteiger partial charge < -0.3 is 9.16 Å². The molecule has 4 nitrogen and oxygen atoms in total. The van der Waals surface area contributed by atoms with Crippen LogP contribution in [0.1, 0.15) is 60.5 Å². The van der Waals surface area contributed by atoms with E-state index in [0.717, 1.165) is 17.0 Å². The van der Waals surface area contributed by atoms with Crippen molar-refractivity contribution >= 4 is 25.9 Å². The van der Waals surface area contributed by atoms with Gasteiger partial charge in [0.05, 0.1) is 18.3 Å². The van der Waals surface area contributed by atoms with Gasteiger partial charge in [-0.05, 0) is 48.2 Å². The number of para-hydroxylation sites is 1. The predicted octanol–water partition coefficient (Wildman–Crippen LogP) is 7.14. The number of nitrogens with zero attached hydrogens (tertiary/aromatic N) is 1. The van der Waals surface area contributed by atoms with E-state index in [4.69, 9.17) is 9.16 Å². The van der Waals surface area contributed by atoms with Gasteiger partial charge in [0.1, 0.15) is 5.76 Å². The Labute approximate surface area is 177 Å². The Kier molecular flexibility index (Phi) is 7.75. The van der Waals surface area contributed by atoms with Crippen molar-refractivity contribution in [2.24, 2.45) is 0 Å². The minimum Gasteiger partial charge on any atom is -0.542 e. The van der Waals surface area contributed by atoms with Crippen molar-refractivity contribution in [1.29, 1.82) is 0 Å². The quantitative estimate of drug-likeness (QED) is 0.334. The predicted molar refractivity (Wildman–Crippen MR) is 125 cm³/mol. The molecule has 5 heteroatoms. The average molecular weight is 416 g/mol. The molecule has 0 aromatic heterocycles. The van der Waals surface area contributed by atoms with Crippen molar-refractivity contribution in [3.05, 3.63) is 48.6 Å². The van der Waals surface area contributed by atoms with Crippen molar-refractivity contribution in [1.82, 2.24) is 0 Å². The van der Waals surface area contributed by atoms with E-state index in [1.165, 1.54) is 0 Å². The summed E-state index contributed by atoms with van der Waals surface area (Å²) < 4.78 is 12.4. The molecule has 1 aliphatic rings. The third-order valence-corrected chi connectivity index (χ3v) is 12.0. The van der Waals surface area contributed by atoms with Gasteiger partial charge in [-0.15, -0.1) is 6.58 Å². The van der Waals surface area contributed by atoms with E-state index in [-0.39, 0.29) is 12.1 Å². The van der Waals surface area contributed by atoms with Crippen molar-refractivity contribution < 1.29 is 14.0 Å². The second-order valence-electron chi connectivity index (χ2n) is 8.63. The van der Waals surface area contributed by atoms with E-state index in [1.807, 2.05) is 37.3 Å². The summed E-state index contributed by atoms with van der Waals surface area (Å²) in [4.78, 5) is 14.5. The SMILES string of the molecule is C=CCC1C=C(O[Si](C(C)C)(C(C)C)C(C)C)c2ccccc2N1C(=O)OCC. The molecule has 1 heterocycles. The molecule has 0 aliphatic carbocycles. The average Bonchev–Trinajstić information content (AvgIpc) is 2.65. The maximum Gasteiger partial charge on any atom is 0.414 e. The number of rotatable bonds is 8. The van der Waals surface area contributed by atoms with Crippen LogP contribution in [0.3, 0.4) is 0 Å². The highest BCUT2D eigenvalue weighted by atomic mass is 28.4. The second-order valence-corrected chi connectivity index (χ2v) is 14.0. The summed E-state index contributed by atoms with van der Waals surface area (Å²) in [6.45, 7) is 19.8. The molecule has 1 amide bonds. The normalized spacial score (nSPS) is 16.7. The van der Waals surface area contributed by atoms with Gasteiger partial charge in [0.25, 0.3) is 8.32 Å². The van der Waals surface area contributed by atoms with Crippen molar-refractivity contribution in [3.8, 4) is 0 Å². The Bertz CT molecular complexity index is 732. The number of anilines is 1. The molecule has 160 valence electrons. The van der Waals surface area contributed by atoms with Crippen LogP contribution in [0, 0.1) is 0 Å². The first kappa shape index (κ1) is 23.3. The third kappa shape index (κ3) is 4.45. The number of carbonyl (C=O) groups is 1. The molecular formula is C24H37NO3Si. The minimum absolute atomic E-state index is 0.172. The zero-order valence-electron chi connectivity index (χ0n) is 19.1. The number of fused-ring (bicyclic) bond motifs is 1. The number of hydrogen-bond acceptors (Lipinski definition) is 3. The molecule has 0 radical (unpaired) electrons. The number of carbonyl (C=O) groups excluding carboxylic acids is 1. The zero-order chi connectivity index (χ0) is 21.8. The van der Waals surface area contributed by atoms with E-state index < -0.39 is 8.32 Å². The lowest BCUT2D eigenvalue weighted by Crippen LogP contribution is -2.48. The first-order chi connectivity index (χ1) is 13.7. The van der Waals surface area contributed by atoms with Gasteiger partial charge in [-0.2, -0.15) is 0 Å². The first-order valence-electron chi connectivity index (χ1n) is 10.8. The van der Waals surface area contributed by atoms with Crippen LogP contribution in [0.25, 0.3) is 5.76 Å². The maximum atomic E-state index is 12.8. The summed E-state index contributed by atoms with van der Waals surface area (Å²) >= 11 is 0. The van der Waals surface area contributed by atoms with Crippen LogP contribution >= 0.6 is 0 Å². The highest BCUT2D eigenvalue weighted by Gasteiger charge is 2.48. The van der Waals surface area contributed by atoms with Gasteiger partial charge in [-0.3, -0.25) is 4.90 Å². The van der Waals surface area contributed by atoms with Crippen LogP contribution in [0.15, 0.2) is 43.0 Å². The Hall–Kier alpha value is -2.01. The topological polar surface area (TPSA) is 38.8 Å². The highest BCUT2D eigenvalue weighted by molar-refractivity contribution is 6.78. The molecule has 1 aromatic rings. The monoisotopic (exact) mass is 415 g/mol. The third-order valence-electron chi connectivity index (χ3n) is 5.97. The van der Waals surface area contributed by atoms with Gasteiger partial charge in [0, 0.05) is 5.56 Å². The molecule has 0 saturated carbocycles. The van der Waals surface area contributed by atoms with Gasteiger partial charge in [0.2, 0.25) is 0 Å². The van der Waals surface area contributed by atoms with Crippen molar-refractivity contribution in [2.45, 2.75) is 77.6 Å². The van der Waals surface area contributed by atoms with Gasteiger partial charge in [-0.25, -0.2) is 4.79 Å². The van der Waals surface area contributed by atoms with Crippen molar-refractivity contribution in [2.75, 3.05) is 11.5 Å². The number of ether oxygens (including phenoxy) is 1. The van der Waals surface area contributed by atoms with E-state index in [1.54, 1.807) is 4.90 Å². The first-order valence-corrected chi connectivity index (χ1v) is 12.9. The lowest BCUT2D eigenvalue weighted by atomic mass is 10.00. The summed E-state index contributed by atoms with van der Waals surface area (Å²) in [5.41, 5.74) is 3.21. The highest BCUT2D eigenvalue weighted by Crippen LogP contribution is 2.47. The summed E-state index contributed by atoms with van der Waals surface area (Å²) in [5, 5.41) is 0. The fourth-order valence-electron chi connectivity index (χ4n) is 4.81. The molecule has 1 unspecified atom stereocenters. The Morgan fingerprint density at radius 3 is 2.24 bits per heavy atom. The Morgan fingerprint density at radius 2 is 1.72 bits per heavy atom. The number of hydrogen-bond donors (Lipinski definition) is 0. The van der Waals surface area contributed by atoms with E-state index >= 15 is 0 Å². The molecule has 0 N–H and O–H groups in total. The molecule has 0 fully saturated rings. The lowest BCUT2D eigenvalue weighted by Gasteiger charge is -2.45. The zero-order valence-corrected chi connectivity index (χ0v) is 20.1. The number of amides is 1. The van der Waals surface area contributed by atoms with Crippen LogP contribution in [-0.4, -0.2) is 27.1 Å². The minimum atomic E-state index is -2.13. The van der Waals surface area contributed by atoms with Crippen LogP contribution < -0.4 is 4.90 Å².